The lowest BCUT2D eigenvalue weighted by atomic mass is 9.98. The van der Waals surface area contributed by atoms with E-state index in [1.54, 1.807) is 0 Å². The molecule has 0 aliphatic carbocycles. The van der Waals surface area contributed by atoms with Gasteiger partial charge in [0.15, 0.2) is 5.60 Å². The van der Waals surface area contributed by atoms with Crippen LogP contribution in [-0.4, -0.2) is 46.3 Å². The van der Waals surface area contributed by atoms with Crippen LogP contribution in [-0.2, 0) is 4.79 Å². The van der Waals surface area contributed by atoms with E-state index in [1.807, 2.05) is 29.2 Å². The van der Waals surface area contributed by atoms with Crippen molar-refractivity contribution in [2.45, 2.75) is 18.9 Å². The maximum absolute atomic E-state index is 10.9. The second-order valence-electron chi connectivity index (χ2n) is 5.30. The second-order valence-corrected chi connectivity index (χ2v) is 5.74. The van der Waals surface area contributed by atoms with E-state index in [2.05, 4.69) is 6.08 Å². The SMILES string of the molecule is CC(O)(CN1CC=C(c2ccc(Cl)cc2)CC1)C(=O)O. The minimum atomic E-state index is -1.70. The quantitative estimate of drug-likeness (QED) is 0.894. The third kappa shape index (κ3) is 3.60. The standard InChI is InChI=1S/C15H18ClNO3/c1-15(20,14(18)19)10-17-8-6-12(7-9-17)11-2-4-13(16)5-3-11/h2-6,20H,7-10H2,1H3,(H,18,19). The van der Waals surface area contributed by atoms with Crippen LogP contribution in [0.5, 0.6) is 0 Å². The van der Waals surface area contributed by atoms with E-state index in [-0.39, 0.29) is 6.54 Å². The molecule has 1 atom stereocenters. The Morgan fingerprint density at radius 1 is 1.40 bits per heavy atom. The minimum Gasteiger partial charge on any atom is -0.479 e. The van der Waals surface area contributed by atoms with Crippen molar-refractivity contribution in [3.63, 3.8) is 0 Å². The summed E-state index contributed by atoms with van der Waals surface area (Å²) in [5, 5.41) is 19.4. The number of aliphatic carboxylic acids is 1. The van der Waals surface area contributed by atoms with Crippen molar-refractivity contribution in [2.75, 3.05) is 19.6 Å². The van der Waals surface area contributed by atoms with Crippen molar-refractivity contribution >= 4 is 23.1 Å². The first-order chi connectivity index (χ1) is 9.38. The van der Waals surface area contributed by atoms with Crippen molar-refractivity contribution in [1.29, 1.82) is 0 Å². The molecule has 1 heterocycles. The van der Waals surface area contributed by atoms with Crippen LogP contribution in [0.15, 0.2) is 30.3 Å². The van der Waals surface area contributed by atoms with Crippen molar-refractivity contribution < 1.29 is 15.0 Å². The molecule has 1 aliphatic rings. The summed E-state index contributed by atoms with van der Waals surface area (Å²) in [5.74, 6) is -1.19. The molecule has 20 heavy (non-hydrogen) atoms. The predicted octanol–water partition coefficient (Wildman–Crippen LogP) is 2.26. The smallest absolute Gasteiger partial charge is 0.336 e. The summed E-state index contributed by atoms with van der Waals surface area (Å²) in [6, 6.07) is 7.69. The van der Waals surface area contributed by atoms with Crippen LogP contribution in [0.25, 0.3) is 5.57 Å². The third-order valence-corrected chi connectivity index (χ3v) is 3.75. The molecule has 0 radical (unpaired) electrons. The first-order valence-electron chi connectivity index (χ1n) is 6.51. The Balaban J connectivity index is 2.00. The number of carboxylic acids is 1. The Kier molecular flexibility index (Phi) is 4.48. The van der Waals surface area contributed by atoms with E-state index in [4.69, 9.17) is 16.7 Å². The number of rotatable bonds is 4. The second kappa shape index (κ2) is 5.95. The van der Waals surface area contributed by atoms with Gasteiger partial charge in [-0.25, -0.2) is 4.79 Å². The Morgan fingerprint density at radius 2 is 2.05 bits per heavy atom. The Bertz CT molecular complexity index is 522. The summed E-state index contributed by atoms with van der Waals surface area (Å²) in [4.78, 5) is 12.8. The lowest BCUT2D eigenvalue weighted by Gasteiger charge is -2.31. The van der Waals surface area contributed by atoms with E-state index in [1.165, 1.54) is 12.5 Å². The van der Waals surface area contributed by atoms with E-state index in [0.717, 1.165) is 18.5 Å². The van der Waals surface area contributed by atoms with Gasteiger partial charge in [0.05, 0.1) is 0 Å². The lowest BCUT2D eigenvalue weighted by molar-refractivity contribution is -0.158. The van der Waals surface area contributed by atoms with Gasteiger partial charge >= 0.3 is 5.97 Å². The van der Waals surface area contributed by atoms with Crippen molar-refractivity contribution in [3.05, 3.63) is 40.9 Å². The molecule has 2 N–H and O–H groups in total. The fraction of sp³-hybridized carbons (Fsp3) is 0.400. The Morgan fingerprint density at radius 3 is 2.55 bits per heavy atom. The molecule has 0 bridgehead atoms. The molecule has 108 valence electrons. The Hall–Kier alpha value is -1.36. The molecule has 0 fully saturated rings. The van der Waals surface area contributed by atoms with Gasteiger partial charge in [-0.2, -0.15) is 0 Å². The number of aliphatic hydroxyl groups is 1. The van der Waals surface area contributed by atoms with Crippen LogP contribution in [0.3, 0.4) is 0 Å². The van der Waals surface area contributed by atoms with Crippen LogP contribution >= 0.6 is 11.6 Å². The maximum atomic E-state index is 10.9. The highest BCUT2D eigenvalue weighted by molar-refractivity contribution is 6.30. The van der Waals surface area contributed by atoms with Crippen molar-refractivity contribution in [1.82, 2.24) is 4.90 Å². The third-order valence-electron chi connectivity index (χ3n) is 3.50. The highest BCUT2D eigenvalue weighted by atomic mass is 35.5. The molecule has 4 nitrogen and oxygen atoms in total. The molecule has 1 unspecified atom stereocenters. The van der Waals surface area contributed by atoms with Crippen molar-refractivity contribution in [2.24, 2.45) is 0 Å². The molecule has 1 aromatic rings. The summed E-state index contributed by atoms with van der Waals surface area (Å²) < 4.78 is 0. The summed E-state index contributed by atoms with van der Waals surface area (Å²) >= 11 is 5.86. The van der Waals surface area contributed by atoms with E-state index >= 15 is 0 Å². The summed E-state index contributed by atoms with van der Waals surface area (Å²) in [7, 11) is 0. The van der Waals surface area contributed by atoms with Crippen molar-refractivity contribution in [3.8, 4) is 0 Å². The van der Waals surface area contributed by atoms with Gasteiger partial charge in [-0.3, -0.25) is 4.90 Å². The van der Waals surface area contributed by atoms with Gasteiger partial charge < -0.3 is 10.2 Å². The van der Waals surface area contributed by atoms with Crippen LogP contribution in [0.2, 0.25) is 5.02 Å². The number of carbonyl (C=O) groups is 1. The van der Waals surface area contributed by atoms with Gasteiger partial charge in [0.25, 0.3) is 0 Å². The monoisotopic (exact) mass is 295 g/mol. The van der Waals surface area contributed by atoms with Gasteiger partial charge in [-0.15, -0.1) is 0 Å². The summed E-state index contributed by atoms with van der Waals surface area (Å²) in [5.41, 5.74) is 0.665. The normalized spacial score (nSPS) is 19.2. The highest BCUT2D eigenvalue weighted by Gasteiger charge is 2.32. The molecule has 0 saturated carbocycles. The Labute approximate surface area is 123 Å². The van der Waals surface area contributed by atoms with Gasteiger partial charge in [0.2, 0.25) is 0 Å². The lowest BCUT2D eigenvalue weighted by Crippen LogP contribution is -2.47. The molecular weight excluding hydrogens is 278 g/mol. The minimum absolute atomic E-state index is 0.132. The summed E-state index contributed by atoms with van der Waals surface area (Å²) in [6.45, 7) is 2.83. The topological polar surface area (TPSA) is 60.8 Å². The molecule has 2 rings (SSSR count). The number of halogens is 1. The van der Waals surface area contributed by atoms with Crippen LogP contribution < -0.4 is 0 Å². The highest BCUT2D eigenvalue weighted by Crippen LogP contribution is 2.24. The number of carboxylic acid groups (broad SMARTS) is 1. The molecular formula is C15H18ClNO3. The van der Waals surface area contributed by atoms with Gasteiger partial charge in [0, 0.05) is 24.7 Å². The van der Waals surface area contributed by atoms with Crippen LogP contribution in [0.1, 0.15) is 18.9 Å². The molecule has 5 heteroatoms. The average Bonchev–Trinajstić information content (AvgIpc) is 2.40. The number of benzene rings is 1. The first kappa shape index (κ1) is 15.0. The maximum Gasteiger partial charge on any atom is 0.336 e. The number of hydrogen-bond donors (Lipinski definition) is 2. The van der Waals surface area contributed by atoms with E-state index in [0.29, 0.717) is 11.6 Å². The fourth-order valence-electron chi connectivity index (χ4n) is 2.28. The van der Waals surface area contributed by atoms with Gasteiger partial charge in [0.1, 0.15) is 0 Å². The predicted molar refractivity (Wildman–Crippen MR) is 78.7 cm³/mol. The molecule has 0 spiro atoms. The summed E-state index contributed by atoms with van der Waals surface area (Å²) in [6.07, 6.45) is 2.90. The van der Waals surface area contributed by atoms with Crippen LogP contribution in [0, 0.1) is 0 Å². The molecule has 0 amide bonds. The average molecular weight is 296 g/mol. The van der Waals surface area contributed by atoms with E-state index < -0.39 is 11.6 Å². The zero-order chi connectivity index (χ0) is 14.8. The fourth-order valence-corrected chi connectivity index (χ4v) is 2.41. The molecule has 0 saturated heterocycles. The number of β-amino-alcohol motifs (C(OH)–C–C–N with tert-alkyl or cyclic N) is 1. The zero-order valence-electron chi connectivity index (χ0n) is 11.3. The molecule has 0 aromatic heterocycles. The van der Waals surface area contributed by atoms with Crippen LogP contribution in [0.4, 0.5) is 0 Å². The van der Waals surface area contributed by atoms with E-state index in [9.17, 15) is 9.90 Å². The van der Waals surface area contributed by atoms with Gasteiger partial charge in [-0.1, -0.05) is 29.8 Å². The first-order valence-corrected chi connectivity index (χ1v) is 6.89. The largest absolute Gasteiger partial charge is 0.479 e. The molecule has 1 aliphatic heterocycles. The number of nitrogens with zero attached hydrogens (tertiary/aromatic N) is 1. The zero-order valence-corrected chi connectivity index (χ0v) is 12.1. The molecule has 1 aromatic carbocycles. The number of hydrogen-bond acceptors (Lipinski definition) is 3. The van der Waals surface area contributed by atoms with Gasteiger partial charge in [-0.05, 0) is 36.6 Å².